The van der Waals surface area contributed by atoms with Crippen LogP contribution in [0.4, 0.5) is 17.1 Å². The summed E-state index contributed by atoms with van der Waals surface area (Å²) in [5.74, 6) is 0. The lowest BCUT2D eigenvalue weighted by atomic mass is 9.67. The van der Waals surface area contributed by atoms with Crippen LogP contribution < -0.4 is 4.90 Å². The summed E-state index contributed by atoms with van der Waals surface area (Å²) in [5, 5.41) is 0.995. The van der Waals surface area contributed by atoms with Crippen molar-refractivity contribution in [2.45, 2.75) is 10.8 Å². The number of nitrogens with zero attached hydrogens (tertiary/aromatic N) is 1. The Morgan fingerprint density at radius 3 is 1.33 bits per heavy atom. The van der Waals surface area contributed by atoms with Crippen molar-refractivity contribution in [1.29, 1.82) is 0 Å². The van der Waals surface area contributed by atoms with Crippen molar-refractivity contribution in [2.24, 2.45) is 0 Å². The molecule has 2 heteroatoms. The molecule has 66 heavy (non-hydrogen) atoms. The van der Waals surface area contributed by atoms with Crippen LogP contribution in [0, 0.1) is 0 Å². The average molecular weight is 852 g/mol. The van der Waals surface area contributed by atoms with Gasteiger partial charge < -0.3 is 9.32 Å². The van der Waals surface area contributed by atoms with Crippen LogP contribution in [0.25, 0.3) is 44.3 Å². The molecule has 10 aromatic carbocycles. The zero-order chi connectivity index (χ0) is 52.4. The Hall–Kier alpha value is -8.46. The first kappa shape index (κ1) is 29.1. The predicted molar refractivity (Wildman–Crippen MR) is 271 cm³/mol. The minimum absolute atomic E-state index is 0.138. The van der Waals surface area contributed by atoms with Gasteiger partial charge in [0, 0.05) is 22.4 Å². The number of benzene rings is 10. The van der Waals surface area contributed by atoms with Crippen molar-refractivity contribution >= 4 is 28.0 Å². The lowest BCUT2D eigenvalue weighted by Crippen LogP contribution is -2.29. The summed E-state index contributed by atoms with van der Waals surface area (Å²) in [6.07, 6.45) is 1.67. The molecule has 0 radical (unpaired) electrons. The molecule has 2 nitrogen and oxygen atoms in total. The molecule has 0 bridgehead atoms. The number of rotatable bonds is 8. The second-order valence-electron chi connectivity index (χ2n) is 16.8. The first-order valence-corrected chi connectivity index (χ1v) is 22.0. The van der Waals surface area contributed by atoms with Gasteiger partial charge in [0.2, 0.25) is 0 Å². The Balaban J connectivity index is 1.11. The van der Waals surface area contributed by atoms with Crippen LogP contribution in [0.3, 0.4) is 0 Å². The van der Waals surface area contributed by atoms with Crippen molar-refractivity contribution in [3.05, 3.63) is 305 Å². The zero-order valence-corrected chi connectivity index (χ0v) is 35.4. The summed E-state index contributed by atoms with van der Waals surface area (Å²) in [4.78, 5) is 2.13. The maximum Gasteiger partial charge on any atom is 0.134 e. The summed E-state index contributed by atoms with van der Waals surface area (Å²) in [6, 6.07) is 59.7. The fraction of sp³-hybridized carbons (Fsp3) is 0.0312. The quantitative estimate of drug-likeness (QED) is 0.151. The van der Waals surface area contributed by atoms with Gasteiger partial charge in [0.25, 0.3) is 0 Å². The third-order valence-electron chi connectivity index (χ3n) is 13.7. The van der Waals surface area contributed by atoms with Gasteiger partial charge >= 0.3 is 0 Å². The Morgan fingerprint density at radius 2 is 0.803 bits per heavy atom. The van der Waals surface area contributed by atoms with Gasteiger partial charge in [-0.2, -0.15) is 0 Å². The number of furan rings is 1. The van der Waals surface area contributed by atoms with E-state index in [1.807, 2.05) is 164 Å². The fourth-order valence-corrected chi connectivity index (χ4v) is 10.9. The topological polar surface area (TPSA) is 16.4 Å². The minimum Gasteiger partial charge on any atom is -0.464 e. The molecule has 0 spiro atoms. The summed E-state index contributed by atoms with van der Waals surface area (Å²) < 4.78 is 97.7. The molecule has 11 aromatic rings. The summed E-state index contributed by atoms with van der Waals surface area (Å²) in [5.41, 5.74) is 10.2. The van der Waals surface area contributed by atoms with Gasteiger partial charge in [-0.25, -0.2) is 0 Å². The van der Waals surface area contributed by atoms with E-state index in [2.05, 4.69) is 35.2 Å². The van der Waals surface area contributed by atoms with E-state index in [0.29, 0.717) is 11.4 Å². The van der Waals surface area contributed by atoms with Crippen molar-refractivity contribution < 1.29 is 18.1 Å². The highest BCUT2D eigenvalue weighted by molar-refractivity contribution is 5.93. The molecule has 0 fully saturated rings. The normalized spacial score (nSPS) is 18.7. The van der Waals surface area contributed by atoms with Crippen LogP contribution in [-0.4, -0.2) is 0 Å². The number of hydrogen-bond acceptors (Lipinski definition) is 2. The zero-order valence-electron chi connectivity index (χ0n) is 45.4. The summed E-state index contributed by atoms with van der Waals surface area (Å²) in [6.45, 7) is 0. The molecule has 2 unspecified atom stereocenters. The van der Waals surface area contributed by atoms with Gasteiger partial charge in [-0.1, -0.05) is 206 Å². The van der Waals surface area contributed by atoms with E-state index in [9.17, 15) is 5.48 Å². The number of anilines is 3. The minimum atomic E-state index is -1.39. The summed E-state index contributed by atoms with van der Waals surface area (Å²) in [7, 11) is 0. The number of hydrogen-bond donors (Lipinski definition) is 0. The van der Waals surface area contributed by atoms with Gasteiger partial charge in [0.1, 0.15) is 5.58 Å². The molecule has 0 N–H and O–H groups in total. The predicted octanol–water partition coefficient (Wildman–Crippen LogP) is 16.3. The van der Waals surface area contributed by atoms with Gasteiger partial charge in [-0.15, -0.1) is 0 Å². The second kappa shape index (κ2) is 15.1. The molecule has 2 aliphatic carbocycles. The average Bonchev–Trinajstić information content (AvgIpc) is 4.31. The molecule has 0 saturated heterocycles. The van der Waals surface area contributed by atoms with E-state index in [1.165, 1.54) is 0 Å². The van der Waals surface area contributed by atoms with Crippen molar-refractivity contribution in [1.82, 2.24) is 0 Å². The van der Waals surface area contributed by atoms with E-state index in [-0.39, 0.29) is 35.3 Å². The molecule has 1 aromatic heterocycles. The monoisotopic (exact) mass is 851 g/mol. The third-order valence-corrected chi connectivity index (χ3v) is 13.7. The van der Waals surface area contributed by atoms with E-state index in [0.717, 1.165) is 83.4 Å². The van der Waals surface area contributed by atoms with E-state index in [4.69, 9.17) is 12.6 Å². The SMILES string of the molecule is [2H]c1c([2H])c([2H])c(C2(c3ccccc3)c3ccccc3-c3ccc(N(c4ccc(-c5ccc6ccoc6c5)cc4)c4ccc5c(c4)C(c4ccccc4)(c4c([2H])c([2H])c([2H])c([2H])c4[2H])c4ccccc4-5)cc32)c([2H])c1[2H]. The lowest BCUT2D eigenvalue weighted by Gasteiger charge is -2.36. The van der Waals surface area contributed by atoms with Crippen LogP contribution in [-0.2, 0) is 10.8 Å². The van der Waals surface area contributed by atoms with Crippen LogP contribution >= 0.6 is 0 Å². The highest BCUT2D eigenvalue weighted by Gasteiger charge is 2.48. The maximum atomic E-state index is 9.62. The largest absolute Gasteiger partial charge is 0.464 e. The highest BCUT2D eigenvalue weighted by Crippen LogP contribution is 2.59. The van der Waals surface area contributed by atoms with Crippen molar-refractivity contribution in [3.63, 3.8) is 0 Å². The molecule has 2 atom stereocenters. The fourth-order valence-electron chi connectivity index (χ4n) is 10.9. The maximum absolute atomic E-state index is 9.62. The Bertz CT molecular complexity index is 3930. The van der Waals surface area contributed by atoms with E-state index in [1.54, 1.807) is 6.26 Å². The Kier molecular flexibility index (Phi) is 6.64. The van der Waals surface area contributed by atoms with Gasteiger partial charge in [-0.05, 0) is 126 Å². The van der Waals surface area contributed by atoms with Crippen molar-refractivity contribution in [2.75, 3.05) is 4.90 Å². The molecular formula is C64H43NO. The van der Waals surface area contributed by atoms with Crippen LogP contribution in [0.2, 0.25) is 0 Å². The standard InChI is InChI=1S/C64H43NO/c1-5-17-47(18-6-1)63(48-19-7-2-8-20-48)58-27-15-13-25-54(58)56-37-35-52(42-60(56)63)65(51-33-31-44(32-34-51)46-30-29-45-39-40-66-62(45)41-46)53-36-38-57-55-26-14-16-28-59(55)64(61(57)43-53,49-21-9-3-10-22-49)50-23-11-4-12-24-50/h1-43H/i1D,3D,5D,6D,9D,10D,17D,18D,21D,22D. The van der Waals surface area contributed by atoms with Gasteiger partial charge in [0.15, 0.2) is 0 Å². The molecule has 1 heterocycles. The van der Waals surface area contributed by atoms with Crippen LogP contribution in [0.5, 0.6) is 0 Å². The molecule has 0 saturated carbocycles. The number of fused-ring (bicyclic) bond motifs is 7. The molecule has 13 rings (SSSR count). The lowest BCUT2D eigenvalue weighted by molar-refractivity contribution is 0.616. The first-order chi connectivity index (χ1) is 36.9. The first-order valence-electron chi connectivity index (χ1n) is 27.0. The molecular weight excluding hydrogens is 799 g/mol. The molecule has 0 amide bonds. The van der Waals surface area contributed by atoms with Crippen LogP contribution in [0.1, 0.15) is 58.2 Å². The van der Waals surface area contributed by atoms with E-state index >= 15 is 0 Å². The van der Waals surface area contributed by atoms with Gasteiger partial charge in [0.05, 0.1) is 30.8 Å². The molecule has 2 aliphatic rings. The second-order valence-corrected chi connectivity index (χ2v) is 16.8. The smallest absolute Gasteiger partial charge is 0.134 e. The van der Waals surface area contributed by atoms with Crippen LogP contribution in [0.15, 0.2) is 265 Å². The van der Waals surface area contributed by atoms with Gasteiger partial charge in [-0.3, -0.25) is 0 Å². The Morgan fingerprint density at radius 1 is 0.348 bits per heavy atom. The van der Waals surface area contributed by atoms with Crippen molar-refractivity contribution in [3.8, 4) is 33.4 Å². The highest BCUT2D eigenvalue weighted by atomic mass is 16.3. The molecule has 0 aliphatic heterocycles. The summed E-state index contributed by atoms with van der Waals surface area (Å²) >= 11 is 0. The van der Waals surface area contributed by atoms with E-state index < -0.39 is 47.1 Å². The Labute approximate surface area is 399 Å². The third kappa shape index (κ3) is 5.55. The molecule has 310 valence electrons.